The first kappa shape index (κ1) is 19.1. The van der Waals surface area contributed by atoms with Gasteiger partial charge in [0.25, 0.3) is 0 Å². The molecule has 5 nitrogen and oxygen atoms in total. The first-order valence-corrected chi connectivity index (χ1v) is 9.52. The van der Waals surface area contributed by atoms with Crippen molar-refractivity contribution in [3.63, 3.8) is 0 Å². The molecular formula is C17H24ClN3O2S. The van der Waals surface area contributed by atoms with Gasteiger partial charge in [0, 0.05) is 24.7 Å². The van der Waals surface area contributed by atoms with Crippen molar-refractivity contribution in [3.8, 4) is 0 Å². The van der Waals surface area contributed by atoms with E-state index in [1.807, 2.05) is 19.1 Å². The molecule has 0 saturated carbocycles. The number of aryl methyl sites for hydroxylation is 1. The number of sulfonamides is 1. The fourth-order valence-corrected chi connectivity index (χ4v) is 5.11. The Bertz CT molecular complexity index is 809. The van der Waals surface area contributed by atoms with Crippen LogP contribution in [0, 0.1) is 12.8 Å². The van der Waals surface area contributed by atoms with E-state index in [0.29, 0.717) is 35.8 Å². The Kier molecular flexibility index (Phi) is 6.20. The second-order valence-corrected chi connectivity index (χ2v) is 8.14. The maximum absolute atomic E-state index is 13.1. The minimum Gasteiger partial charge on any atom is -0.330 e. The Morgan fingerprint density at radius 1 is 1.33 bits per heavy atom. The highest BCUT2D eigenvalue weighted by atomic mass is 35.5. The fraction of sp³-hybridized carbons (Fsp3) is 0.471. The molecule has 2 aromatic rings. The summed E-state index contributed by atoms with van der Waals surface area (Å²) in [5.74, 6) is 0.360. The van der Waals surface area contributed by atoms with E-state index in [-0.39, 0.29) is 12.4 Å². The molecule has 1 aliphatic heterocycles. The number of nitrogens with two attached hydrogens (primary N) is 1. The molecule has 24 heavy (non-hydrogen) atoms. The van der Waals surface area contributed by atoms with Crippen molar-refractivity contribution in [1.29, 1.82) is 0 Å². The minimum absolute atomic E-state index is 0. The van der Waals surface area contributed by atoms with Crippen molar-refractivity contribution in [2.75, 3.05) is 19.6 Å². The van der Waals surface area contributed by atoms with Gasteiger partial charge >= 0.3 is 0 Å². The highest BCUT2D eigenvalue weighted by Crippen LogP contribution is 2.30. The van der Waals surface area contributed by atoms with Crippen LogP contribution in [0.1, 0.15) is 24.8 Å². The van der Waals surface area contributed by atoms with Crippen LogP contribution in [0.5, 0.6) is 0 Å². The number of pyridine rings is 1. The lowest BCUT2D eigenvalue weighted by molar-refractivity contribution is 0.258. The summed E-state index contributed by atoms with van der Waals surface area (Å²) in [4.78, 5) is 4.71. The number of hydrogen-bond acceptors (Lipinski definition) is 4. The van der Waals surface area contributed by atoms with Crippen LogP contribution in [0.2, 0.25) is 0 Å². The maximum atomic E-state index is 13.1. The summed E-state index contributed by atoms with van der Waals surface area (Å²) in [5, 5.41) is 0.702. The lowest BCUT2D eigenvalue weighted by Crippen LogP contribution is -2.40. The number of aromatic nitrogens is 1. The lowest BCUT2D eigenvalue weighted by Gasteiger charge is -2.32. The molecule has 1 aromatic carbocycles. The van der Waals surface area contributed by atoms with Gasteiger partial charge in [0.05, 0.1) is 10.4 Å². The van der Waals surface area contributed by atoms with Crippen LogP contribution in [0.25, 0.3) is 10.9 Å². The molecule has 1 aromatic heterocycles. The molecule has 2 N–H and O–H groups in total. The zero-order valence-electron chi connectivity index (χ0n) is 13.8. The molecule has 132 valence electrons. The molecule has 3 rings (SSSR count). The third-order valence-electron chi connectivity index (χ3n) is 4.61. The smallest absolute Gasteiger partial charge is 0.243 e. The summed E-state index contributed by atoms with van der Waals surface area (Å²) < 4.78 is 27.9. The van der Waals surface area contributed by atoms with Crippen LogP contribution in [0.3, 0.4) is 0 Å². The molecule has 1 atom stereocenters. The van der Waals surface area contributed by atoms with E-state index in [2.05, 4.69) is 4.98 Å². The van der Waals surface area contributed by atoms with Gasteiger partial charge in [-0.1, -0.05) is 6.07 Å². The van der Waals surface area contributed by atoms with E-state index in [0.717, 1.165) is 30.3 Å². The van der Waals surface area contributed by atoms with E-state index in [1.54, 1.807) is 22.6 Å². The average Bonchev–Trinajstić information content (AvgIpc) is 2.56. The number of fused-ring (bicyclic) bond motifs is 1. The summed E-state index contributed by atoms with van der Waals surface area (Å²) in [6.45, 7) is 3.70. The number of rotatable bonds is 4. The standard InChI is InChI=1S/C17H23N3O2S.ClH/c1-13-6-7-16(15-5-2-10-19-17(13)15)23(21,22)20-11-3-4-14(12-20)8-9-18;/h2,5-7,10,14H,3-4,8-9,11-12,18H2,1H3;1H. The van der Waals surface area contributed by atoms with Crippen molar-refractivity contribution in [3.05, 3.63) is 36.0 Å². The van der Waals surface area contributed by atoms with Gasteiger partial charge in [0.2, 0.25) is 10.0 Å². The summed E-state index contributed by atoms with van der Waals surface area (Å²) in [6, 6.07) is 7.17. The summed E-state index contributed by atoms with van der Waals surface area (Å²) in [5.41, 5.74) is 7.38. The molecule has 1 saturated heterocycles. The molecule has 2 heterocycles. The number of nitrogens with zero attached hydrogens (tertiary/aromatic N) is 2. The number of hydrogen-bond donors (Lipinski definition) is 1. The van der Waals surface area contributed by atoms with Crippen LogP contribution in [0.4, 0.5) is 0 Å². The van der Waals surface area contributed by atoms with Crippen LogP contribution >= 0.6 is 12.4 Å². The number of benzene rings is 1. The van der Waals surface area contributed by atoms with Gasteiger partial charge in [-0.2, -0.15) is 4.31 Å². The molecule has 0 bridgehead atoms. The van der Waals surface area contributed by atoms with Crippen molar-refractivity contribution in [2.24, 2.45) is 11.7 Å². The Morgan fingerprint density at radius 3 is 2.88 bits per heavy atom. The van der Waals surface area contributed by atoms with Crippen molar-refractivity contribution in [2.45, 2.75) is 31.1 Å². The first-order chi connectivity index (χ1) is 11.0. The number of piperidine rings is 1. The van der Waals surface area contributed by atoms with E-state index in [4.69, 9.17) is 5.73 Å². The van der Waals surface area contributed by atoms with Crippen LogP contribution in [-0.4, -0.2) is 37.3 Å². The second kappa shape index (κ2) is 7.78. The van der Waals surface area contributed by atoms with E-state index < -0.39 is 10.0 Å². The zero-order valence-corrected chi connectivity index (χ0v) is 15.4. The third-order valence-corrected chi connectivity index (χ3v) is 6.53. The fourth-order valence-electron chi connectivity index (χ4n) is 3.37. The van der Waals surface area contributed by atoms with Gasteiger partial charge in [0.15, 0.2) is 0 Å². The molecule has 0 amide bonds. The highest BCUT2D eigenvalue weighted by molar-refractivity contribution is 7.89. The molecule has 1 fully saturated rings. The van der Waals surface area contributed by atoms with Gasteiger partial charge in [-0.3, -0.25) is 4.98 Å². The minimum atomic E-state index is -3.50. The normalized spacial score (nSPS) is 19.2. The number of halogens is 1. The second-order valence-electron chi connectivity index (χ2n) is 6.23. The Balaban J connectivity index is 0.00000208. The predicted molar refractivity (Wildman–Crippen MR) is 98.9 cm³/mol. The largest absolute Gasteiger partial charge is 0.330 e. The summed E-state index contributed by atoms with van der Waals surface area (Å²) >= 11 is 0. The maximum Gasteiger partial charge on any atom is 0.243 e. The lowest BCUT2D eigenvalue weighted by atomic mass is 9.96. The molecule has 0 spiro atoms. The summed E-state index contributed by atoms with van der Waals surface area (Å²) in [7, 11) is -3.50. The summed E-state index contributed by atoms with van der Waals surface area (Å²) in [6.07, 6.45) is 4.53. The topological polar surface area (TPSA) is 76.3 Å². The predicted octanol–water partition coefficient (Wildman–Crippen LogP) is 2.71. The molecule has 1 aliphatic rings. The van der Waals surface area contributed by atoms with Gasteiger partial charge in [-0.15, -0.1) is 12.4 Å². The van der Waals surface area contributed by atoms with Gasteiger partial charge in [0.1, 0.15) is 0 Å². The van der Waals surface area contributed by atoms with E-state index in [9.17, 15) is 8.42 Å². The Morgan fingerprint density at radius 2 is 2.12 bits per heavy atom. The molecule has 0 radical (unpaired) electrons. The molecule has 0 aliphatic carbocycles. The highest BCUT2D eigenvalue weighted by Gasteiger charge is 2.31. The van der Waals surface area contributed by atoms with Gasteiger partial charge in [-0.05, 0) is 62.4 Å². The average molecular weight is 370 g/mol. The quantitative estimate of drug-likeness (QED) is 0.898. The molecule has 1 unspecified atom stereocenters. The van der Waals surface area contributed by atoms with Crippen molar-refractivity contribution < 1.29 is 8.42 Å². The van der Waals surface area contributed by atoms with Gasteiger partial charge in [-0.25, -0.2) is 8.42 Å². The molecule has 7 heteroatoms. The SMILES string of the molecule is Cc1ccc(S(=O)(=O)N2CCCC(CCN)C2)c2cccnc12.Cl. The van der Waals surface area contributed by atoms with Gasteiger partial charge < -0.3 is 5.73 Å². The Hall–Kier alpha value is -1.21. The Labute approximate surface area is 149 Å². The van der Waals surface area contributed by atoms with Crippen molar-refractivity contribution >= 4 is 33.3 Å². The van der Waals surface area contributed by atoms with Crippen LogP contribution in [-0.2, 0) is 10.0 Å². The van der Waals surface area contributed by atoms with E-state index in [1.165, 1.54) is 0 Å². The van der Waals surface area contributed by atoms with E-state index >= 15 is 0 Å². The van der Waals surface area contributed by atoms with Crippen LogP contribution in [0.15, 0.2) is 35.4 Å². The zero-order chi connectivity index (χ0) is 16.4. The van der Waals surface area contributed by atoms with Crippen molar-refractivity contribution in [1.82, 2.24) is 9.29 Å². The monoisotopic (exact) mass is 369 g/mol. The third kappa shape index (κ3) is 3.57. The first-order valence-electron chi connectivity index (χ1n) is 8.08. The molecular weight excluding hydrogens is 346 g/mol. The van der Waals surface area contributed by atoms with Crippen LogP contribution < -0.4 is 5.73 Å².